The molecule has 2 rings (SSSR count). The minimum absolute atomic E-state index is 0.0316. The van der Waals surface area contributed by atoms with Crippen LogP contribution in [0.5, 0.6) is 5.75 Å². The van der Waals surface area contributed by atoms with Crippen molar-refractivity contribution >= 4 is 21.9 Å². The Morgan fingerprint density at radius 1 is 1.33 bits per heavy atom. The van der Waals surface area contributed by atoms with Gasteiger partial charge in [0.25, 0.3) is 0 Å². The zero-order valence-electron chi connectivity index (χ0n) is 10.5. The Bertz CT molecular complexity index is 734. The number of sulfone groups is 1. The molecule has 1 heterocycles. The van der Waals surface area contributed by atoms with Gasteiger partial charge in [0.2, 0.25) is 6.10 Å². The first-order valence-electron chi connectivity index (χ1n) is 5.52. The van der Waals surface area contributed by atoms with Crippen molar-refractivity contribution in [2.75, 3.05) is 6.26 Å². The van der Waals surface area contributed by atoms with E-state index in [1.54, 1.807) is 0 Å². The standard InChI is InChI=1S/C12H9F3O5S/c1-21(18,19)7-2-3-9-6(4-7)5-8(11(16)17)10(20-9)12(13,14)15/h2-5,10H,1H3,(H,16,17). The molecule has 0 fully saturated rings. The van der Waals surface area contributed by atoms with E-state index < -0.39 is 33.7 Å². The van der Waals surface area contributed by atoms with Crippen LogP contribution >= 0.6 is 0 Å². The lowest BCUT2D eigenvalue weighted by molar-refractivity contribution is -0.187. The van der Waals surface area contributed by atoms with E-state index in [2.05, 4.69) is 4.74 Å². The van der Waals surface area contributed by atoms with Gasteiger partial charge in [-0.3, -0.25) is 0 Å². The molecule has 1 aliphatic heterocycles. The summed E-state index contributed by atoms with van der Waals surface area (Å²) in [4.78, 5) is 10.8. The van der Waals surface area contributed by atoms with E-state index in [0.29, 0.717) is 0 Å². The third-order valence-electron chi connectivity index (χ3n) is 2.79. The molecule has 0 amide bonds. The average Bonchev–Trinajstić information content (AvgIpc) is 2.34. The normalized spacial score (nSPS) is 18.5. The number of benzene rings is 1. The van der Waals surface area contributed by atoms with E-state index >= 15 is 0 Å². The second kappa shape index (κ2) is 4.76. The Labute approximate surface area is 117 Å². The second-order valence-electron chi connectivity index (χ2n) is 4.42. The number of alkyl halides is 3. The van der Waals surface area contributed by atoms with Crippen molar-refractivity contribution in [3.05, 3.63) is 29.3 Å². The molecule has 0 spiro atoms. The Kier molecular flexibility index (Phi) is 3.48. The van der Waals surface area contributed by atoms with Crippen LogP contribution < -0.4 is 4.74 Å². The lowest BCUT2D eigenvalue weighted by Gasteiger charge is -2.27. The summed E-state index contributed by atoms with van der Waals surface area (Å²) < 4.78 is 65.8. The summed E-state index contributed by atoms with van der Waals surface area (Å²) in [6.45, 7) is 0. The largest absolute Gasteiger partial charge is 0.478 e. The number of hydrogen-bond donors (Lipinski definition) is 1. The number of rotatable bonds is 2. The number of halogens is 3. The monoisotopic (exact) mass is 322 g/mol. The van der Waals surface area contributed by atoms with Gasteiger partial charge in [-0.15, -0.1) is 0 Å². The molecule has 0 aromatic heterocycles. The highest BCUT2D eigenvalue weighted by Gasteiger charge is 2.48. The maximum Gasteiger partial charge on any atom is 0.430 e. The van der Waals surface area contributed by atoms with Gasteiger partial charge >= 0.3 is 12.1 Å². The number of aliphatic carboxylic acids is 1. The van der Waals surface area contributed by atoms with Crippen LogP contribution in [-0.4, -0.2) is 38.0 Å². The van der Waals surface area contributed by atoms with E-state index in [4.69, 9.17) is 5.11 Å². The molecule has 21 heavy (non-hydrogen) atoms. The summed E-state index contributed by atoms with van der Waals surface area (Å²) in [5, 5.41) is 8.86. The fraction of sp³-hybridized carbons (Fsp3) is 0.250. The molecule has 1 aromatic rings. The highest BCUT2D eigenvalue weighted by molar-refractivity contribution is 7.90. The average molecular weight is 322 g/mol. The van der Waals surface area contributed by atoms with Crippen molar-refractivity contribution in [3.63, 3.8) is 0 Å². The van der Waals surface area contributed by atoms with Crippen LogP contribution in [0.4, 0.5) is 13.2 Å². The SMILES string of the molecule is CS(=O)(=O)c1ccc2c(c1)C=C(C(=O)O)C(C(F)(F)F)O2. The van der Waals surface area contributed by atoms with E-state index in [-0.39, 0.29) is 16.2 Å². The molecule has 0 saturated carbocycles. The van der Waals surface area contributed by atoms with E-state index in [1.165, 1.54) is 0 Å². The zero-order chi connectivity index (χ0) is 16.0. The van der Waals surface area contributed by atoms with Crippen molar-refractivity contribution < 1.29 is 36.2 Å². The molecule has 0 saturated heterocycles. The van der Waals surface area contributed by atoms with Gasteiger partial charge in [0.15, 0.2) is 9.84 Å². The predicted molar refractivity (Wildman–Crippen MR) is 65.6 cm³/mol. The van der Waals surface area contributed by atoms with E-state index in [1.807, 2.05) is 0 Å². The van der Waals surface area contributed by atoms with Crippen LogP contribution in [0.2, 0.25) is 0 Å². The van der Waals surface area contributed by atoms with Crippen LogP contribution in [-0.2, 0) is 14.6 Å². The first-order chi connectivity index (χ1) is 9.50. The molecule has 1 aliphatic rings. The number of carbonyl (C=O) groups is 1. The Hall–Kier alpha value is -2.03. The van der Waals surface area contributed by atoms with Gasteiger partial charge in [-0.2, -0.15) is 13.2 Å². The Morgan fingerprint density at radius 2 is 1.95 bits per heavy atom. The van der Waals surface area contributed by atoms with Crippen molar-refractivity contribution in [2.24, 2.45) is 0 Å². The Morgan fingerprint density at radius 3 is 2.43 bits per heavy atom. The zero-order valence-corrected chi connectivity index (χ0v) is 11.3. The van der Waals surface area contributed by atoms with Gasteiger partial charge in [-0.05, 0) is 24.3 Å². The van der Waals surface area contributed by atoms with Crippen molar-refractivity contribution in [1.82, 2.24) is 0 Å². The molecule has 1 unspecified atom stereocenters. The molecule has 0 radical (unpaired) electrons. The summed E-state index contributed by atoms with van der Waals surface area (Å²) in [6.07, 6.45) is -5.78. The topological polar surface area (TPSA) is 80.7 Å². The molecule has 1 aromatic carbocycles. The summed E-state index contributed by atoms with van der Waals surface area (Å²) in [7, 11) is -3.57. The number of fused-ring (bicyclic) bond motifs is 1. The molecule has 9 heteroatoms. The molecule has 1 atom stereocenters. The third-order valence-corrected chi connectivity index (χ3v) is 3.90. The number of ether oxygens (including phenoxy) is 1. The fourth-order valence-corrected chi connectivity index (χ4v) is 2.48. The first kappa shape index (κ1) is 15.4. The van der Waals surface area contributed by atoms with Crippen LogP contribution in [0.3, 0.4) is 0 Å². The third kappa shape index (κ3) is 3.02. The van der Waals surface area contributed by atoms with Crippen molar-refractivity contribution in [2.45, 2.75) is 17.2 Å². The summed E-state index contributed by atoms with van der Waals surface area (Å²) in [5.41, 5.74) is -1.03. The number of carboxylic acid groups (broad SMARTS) is 1. The van der Waals surface area contributed by atoms with Gasteiger partial charge in [0.1, 0.15) is 5.75 Å². The number of hydrogen-bond acceptors (Lipinski definition) is 4. The minimum Gasteiger partial charge on any atom is -0.478 e. The molecule has 1 N–H and O–H groups in total. The smallest absolute Gasteiger partial charge is 0.430 e. The molecular weight excluding hydrogens is 313 g/mol. The van der Waals surface area contributed by atoms with Crippen LogP contribution in [0, 0.1) is 0 Å². The van der Waals surface area contributed by atoms with Gasteiger partial charge in [0.05, 0.1) is 10.5 Å². The molecular formula is C12H9F3O5S. The van der Waals surface area contributed by atoms with Crippen molar-refractivity contribution in [3.8, 4) is 5.75 Å². The maximum absolute atomic E-state index is 12.8. The van der Waals surface area contributed by atoms with Crippen LogP contribution in [0.1, 0.15) is 5.56 Å². The highest BCUT2D eigenvalue weighted by atomic mass is 32.2. The summed E-state index contributed by atoms with van der Waals surface area (Å²) in [5.74, 6) is -2.01. The number of carboxylic acids is 1. The van der Waals surface area contributed by atoms with Gasteiger partial charge in [-0.25, -0.2) is 13.2 Å². The Balaban J connectivity index is 2.59. The molecule has 0 aliphatic carbocycles. The van der Waals surface area contributed by atoms with E-state index in [9.17, 15) is 26.4 Å². The minimum atomic E-state index is -4.89. The van der Waals surface area contributed by atoms with Crippen LogP contribution in [0.15, 0.2) is 28.7 Å². The predicted octanol–water partition coefficient (Wildman–Crippen LogP) is 1.88. The van der Waals surface area contributed by atoms with Gasteiger partial charge in [0, 0.05) is 11.8 Å². The fourth-order valence-electron chi connectivity index (χ4n) is 1.83. The molecule has 5 nitrogen and oxygen atoms in total. The molecule has 0 bridgehead atoms. The van der Waals surface area contributed by atoms with Gasteiger partial charge < -0.3 is 9.84 Å². The summed E-state index contributed by atoms with van der Waals surface area (Å²) in [6, 6.07) is 3.24. The lowest BCUT2D eigenvalue weighted by atomic mass is 10.0. The van der Waals surface area contributed by atoms with Crippen molar-refractivity contribution in [1.29, 1.82) is 0 Å². The molecule has 114 valence electrons. The second-order valence-corrected chi connectivity index (χ2v) is 6.43. The maximum atomic E-state index is 12.8. The highest BCUT2D eigenvalue weighted by Crippen LogP contribution is 2.37. The first-order valence-corrected chi connectivity index (χ1v) is 7.41. The lowest BCUT2D eigenvalue weighted by Crippen LogP contribution is -2.40. The summed E-state index contributed by atoms with van der Waals surface area (Å²) >= 11 is 0. The van der Waals surface area contributed by atoms with Crippen LogP contribution in [0.25, 0.3) is 6.08 Å². The van der Waals surface area contributed by atoms with Gasteiger partial charge in [-0.1, -0.05) is 0 Å². The quantitative estimate of drug-likeness (QED) is 0.899. The van der Waals surface area contributed by atoms with E-state index in [0.717, 1.165) is 30.5 Å².